The number of aromatic nitrogens is 3. The lowest BCUT2D eigenvalue weighted by molar-refractivity contribution is -0.140. The summed E-state index contributed by atoms with van der Waals surface area (Å²) in [6.07, 6.45) is 4.53. The third-order valence-electron chi connectivity index (χ3n) is 9.42. The molecule has 1 aliphatic rings. The zero-order chi connectivity index (χ0) is 41.2. The van der Waals surface area contributed by atoms with E-state index in [-0.39, 0.29) is 42.7 Å². The van der Waals surface area contributed by atoms with Gasteiger partial charge in [-0.3, -0.25) is 29.5 Å². The summed E-state index contributed by atoms with van der Waals surface area (Å²) in [5, 5.41) is 13.6. The quantitative estimate of drug-likeness (QED) is 0.0427. The highest BCUT2D eigenvalue weighted by atomic mass is 32.1. The van der Waals surface area contributed by atoms with Crippen LogP contribution in [0.15, 0.2) is 72.4 Å². The number of benzene rings is 2. The van der Waals surface area contributed by atoms with E-state index >= 15 is 0 Å². The Morgan fingerprint density at radius 3 is 2.36 bits per heavy atom. The number of rotatable bonds is 16. The Morgan fingerprint density at radius 2 is 1.64 bits per heavy atom. The van der Waals surface area contributed by atoms with Crippen molar-refractivity contribution in [1.82, 2.24) is 30.5 Å². The molecule has 5 aromatic rings. The molecule has 0 saturated heterocycles. The number of H-pyrrole nitrogens is 1. The molecule has 300 valence electrons. The Labute approximate surface area is 339 Å². The second-order valence-corrected chi connectivity index (χ2v) is 14.2. The van der Waals surface area contributed by atoms with Gasteiger partial charge < -0.3 is 35.3 Å². The fourth-order valence-corrected chi connectivity index (χ4v) is 7.05. The van der Waals surface area contributed by atoms with Gasteiger partial charge in [0.2, 0.25) is 0 Å². The van der Waals surface area contributed by atoms with Gasteiger partial charge in [-0.05, 0) is 86.6 Å². The van der Waals surface area contributed by atoms with Crippen molar-refractivity contribution in [3.05, 3.63) is 106 Å². The van der Waals surface area contributed by atoms with Crippen LogP contribution >= 0.6 is 11.3 Å². The highest BCUT2D eigenvalue weighted by molar-refractivity contribution is 7.14. The van der Waals surface area contributed by atoms with E-state index < -0.39 is 18.0 Å². The molecule has 15 nitrogen and oxygen atoms in total. The Bertz CT molecular complexity index is 2350. The number of hydrogen-bond donors (Lipinski definition) is 5. The number of amides is 4. The molecular formula is C42H44N8O7S. The van der Waals surface area contributed by atoms with E-state index in [1.165, 1.54) is 11.3 Å². The number of nitrogens with one attached hydrogen (secondary N) is 5. The van der Waals surface area contributed by atoms with Gasteiger partial charge in [0.15, 0.2) is 5.13 Å². The first-order valence-electron chi connectivity index (χ1n) is 18.8. The van der Waals surface area contributed by atoms with E-state index in [9.17, 15) is 24.0 Å². The maximum absolute atomic E-state index is 13.1. The number of urea groups is 1. The number of ether oxygens (including phenoxy) is 2. The number of carbonyl (C=O) groups is 5. The summed E-state index contributed by atoms with van der Waals surface area (Å²) in [5.74, 6) is -1.39. The van der Waals surface area contributed by atoms with Gasteiger partial charge in [-0.1, -0.05) is 26.0 Å². The monoisotopic (exact) mass is 804 g/mol. The van der Waals surface area contributed by atoms with Gasteiger partial charge in [0.25, 0.3) is 11.8 Å². The van der Waals surface area contributed by atoms with E-state index in [1.807, 2.05) is 31.4 Å². The number of aromatic amines is 1. The molecule has 58 heavy (non-hydrogen) atoms. The molecule has 0 fully saturated rings. The minimum Gasteiger partial charge on any atom is -0.427 e. The smallest absolute Gasteiger partial charge is 0.321 e. The van der Waals surface area contributed by atoms with Crippen LogP contribution in [0.1, 0.15) is 65.1 Å². The molecule has 6 rings (SSSR count). The third kappa shape index (κ3) is 10.4. The van der Waals surface area contributed by atoms with Crippen molar-refractivity contribution in [3.63, 3.8) is 0 Å². The molecule has 0 radical (unpaired) electrons. The topological polar surface area (TPSA) is 197 Å². The number of carbonyl (C=O) groups excluding carboxylic acids is 5. The summed E-state index contributed by atoms with van der Waals surface area (Å²) < 4.78 is 11.0. The van der Waals surface area contributed by atoms with E-state index in [0.717, 1.165) is 30.9 Å². The van der Waals surface area contributed by atoms with Crippen molar-refractivity contribution in [1.29, 1.82) is 0 Å². The van der Waals surface area contributed by atoms with Gasteiger partial charge >= 0.3 is 18.0 Å². The average molecular weight is 805 g/mol. The Kier molecular flexibility index (Phi) is 13.4. The summed E-state index contributed by atoms with van der Waals surface area (Å²) in [5.41, 5.74) is 6.23. The van der Waals surface area contributed by atoms with Crippen LogP contribution in [0.4, 0.5) is 15.6 Å². The minimum absolute atomic E-state index is 0.158. The number of fused-ring (bicyclic) bond motifs is 1. The molecule has 0 saturated carbocycles. The SMILES string of the molecule is CCN(CC)CCNC(=O)c1c(C)[nH]c(/C=C2\C(=O)Nc3ccc(OC(=O)CCC(=O)Oc4cccc(CNC(=O)Nc5nc(-c6ccncc6)cs5)c4)cc32)c1C. The normalized spacial score (nSPS) is 12.6. The van der Waals surface area contributed by atoms with Crippen LogP contribution in [0.5, 0.6) is 11.5 Å². The van der Waals surface area contributed by atoms with Crippen molar-refractivity contribution >= 4 is 63.6 Å². The first kappa shape index (κ1) is 41.0. The number of esters is 2. The predicted molar refractivity (Wildman–Crippen MR) is 221 cm³/mol. The molecule has 0 unspecified atom stereocenters. The predicted octanol–water partition coefficient (Wildman–Crippen LogP) is 6.33. The standard InChI is InChI=1S/C42H44N8O7S/c1-5-50(6-2)19-18-44-40(54)38-25(3)34(46-26(38)4)22-32-31-21-30(10-11-33(31)47-39(32)53)57-37(52)13-12-36(51)56-29-9-7-8-27(20-29)23-45-41(55)49-42-48-35(24-58-42)28-14-16-43-17-15-28/h7-11,14-17,20-22,24,46H,5-6,12-13,18-19,23H2,1-4H3,(H,44,54)(H,47,53)(H2,45,48,49,55)/b32-22-. The lowest BCUT2D eigenvalue weighted by Gasteiger charge is -2.18. The first-order valence-corrected chi connectivity index (χ1v) is 19.7. The van der Waals surface area contributed by atoms with Crippen molar-refractivity contribution in [2.45, 2.75) is 47.1 Å². The number of nitrogens with zero attached hydrogens (tertiary/aromatic N) is 3. The van der Waals surface area contributed by atoms with Crippen molar-refractivity contribution in [2.24, 2.45) is 0 Å². The molecule has 16 heteroatoms. The average Bonchev–Trinajstić information content (AvgIpc) is 3.89. The van der Waals surface area contributed by atoms with Crippen LogP contribution in [-0.4, -0.2) is 75.8 Å². The highest BCUT2D eigenvalue weighted by Gasteiger charge is 2.27. The molecule has 0 aliphatic carbocycles. The fourth-order valence-electron chi connectivity index (χ4n) is 6.33. The third-order valence-corrected chi connectivity index (χ3v) is 10.2. The van der Waals surface area contributed by atoms with Crippen molar-refractivity contribution in [2.75, 3.05) is 36.8 Å². The summed E-state index contributed by atoms with van der Waals surface area (Å²) in [7, 11) is 0. The van der Waals surface area contributed by atoms with E-state index in [0.29, 0.717) is 56.6 Å². The Morgan fingerprint density at radius 1 is 0.914 bits per heavy atom. The summed E-state index contributed by atoms with van der Waals surface area (Å²) >= 11 is 1.30. The molecule has 4 heterocycles. The van der Waals surface area contributed by atoms with Crippen LogP contribution in [-0.2, 0) is 20.9 Å². The molecule has 0 atom stereocenters. The lowest BCUT2D eigenvalue weighted by Crippen LogP contribution is -2.35. The second kappa shape index (κ2) is 19.0. The minimum atomic E-state index is -0.663. The van der Waals surface area contributed by atoms with Crippen LogP contribution in [0.25, 0.3) is 22.9 Å². The van der Waals surface area contributed by atoms with Crippen LogP contribution in [0, 0.1) is 13.8 Å². The van der Waals surface area contributed by atoms with Gasteiger partial charge in [-0.2, -0.15) is 0 Å². The van der Waals surface area contributed by atoms with E-state index in [2.05, 4.69) is 55.0 Å². The summed E-state index contributed by atoms with van der Waals surface area (Å²) in [4.78, 5) is 77.9. The van der Waals surface area contributed by atoms with Crippen LogP contribution in [0.3, 0.4) is 0 Å². The summed E-state index contributed by atoms with van der Waals surface area (Å²) in [6, 6.07) is 14.7. The van der Waals surface area contributed by atoms with Gasteiger partial charge in [-0.25, -0.2) is 9.78 Å². The van der Waals surface area contributed by atoms with Crippen LogP contribution in [0.2, 0.25) is 0 Å². The lowest BCUT2D eigenvalue weighted by atomic mass is 10.0. The zero-order valence-electron chi connectivity index (χ0n) is 32.6. The Hall–Kier alpha value is -6.65. The molecular weight excluding hydrogens is 761 g/mol. The number of anilines is 2. The van der Waals surface area contributed by atoms with Gasteiger partial charge in [-0.15, -0.1) is 11.3 Å². The largest absolute Gasteiger partial charge is 0.427 e. The van der Waals surface area contributed by atoms with Crippen molar-refractivity contribution in [3.8, 4) is 22.8 Å². The van der Waals surface area contributed by atoms with E-state index in [4.69, 9.17) is 9.47 Å². The number of pyridine rings is 1. The fraction of sp³-hybridized carbons (Fsp3) is 0.262. The van der Waals surface area contributed by atoms with Crippen LogP contribution < -0.4 is 30.7 Å². The maximum atomic E-state index is 13.1. The maximum Gasteiger partial charge on any atom is 0.321 e. The van der Waals surface area contributed by atoms with Crippen molar-refractivity contribution < 1.29 is 33.4 Å². The molecule has 2 aromatic carbocycles. The Balaban J connectivity index is 0.988. The molecule has 5 N–H and O–H groups in total. The highest BCUT2D eigenvalue weighted by Crippen LogP contribution is 2.36. The molecule has 4 amide bonds. The number of thiazole rings is 1. The zero-order valence-corrected chi connectivity index (χ0v) is 33.4. The number of aryl methyl sites for hydroxylation is 1. The molecule has 0 spiro atoms. The number of likely N-dealkylation sites (N-methyl/N-ethyl adjacent to an activating group) is 1. The van der Waals surface area contributed by atoms with Gasteiger partial charge in [0, 0.05) is 65.6 Å². The molecule has 0 bridgehead atoms. The van der Waals surface area contributed by atoms with E-state index in [1.54, 1.807) is 60.9 Å². The molecule has 1 aliphatic heterocycles. The van der Waals surface area contributed by atoms with Gasteiger partial charge in [0.1, 0.15) is 11.5 Å². The summed E-state index contributed by atoms with van der Waals surface area (Å²) in [6.45, 7) is 11.0. The second-order valence-electron chi connectivity index (χ2n) is 13.3. The number of hydrogen-bond acceptors (Lipinski definition) is 11. The molecule has 3 aromatic heterocycles. The first-order chi connectivity index (χ1) is 28.0. The van der Waals surface area contributed by atoms with Gasteiger partial charge in [0.05, 0.1) is 29.7 Å².